The number of amides is 1. The number of carbonyl (C=O) groups excluding carboxylic acids is 1. The third-order valence-corrected chi connectivity index (χ3v) is 2.98. The number of nitrogens with zero attached hydrogens (tertiary/aromatic N) is 1. The minimum Gasteiger partial charge on any atom is -0.329 e. The Morgan fingerprint density at radius 1 is 1.67 bits per heavy atom. The Bertz CT molecular complexity index is 385. The molecule has 0 radical (unpaired) electrons. The lowest BCUT2D eigenvalue weighted by atomic mass is 10.1. The minimum absolute atomic E-state index is 0.0288. The minimum atomic E-state index is -0.303. The fourth-order valence-electron chi connectivity index (χ4n) is 1.55. The molecule has 15 heavy (non-hydrogen) atoms. The Hall–Kier alpha value is -1.42. The first-order valence-corrected chi connectivity index (χ1v) is 5.11. The van der Waals surface area contributed by atoms with Crippen molar-refractivity contribution >= 4 is 11.6 Å². The number of hydrogen-bond donors (Lipinski definition) is 2. The Morgan fingerprint density at radius 2 is 2.40 bits per heavy atom. The molecule has 0 aliphatic heterocycles. The van der Waals surface area contributed by atoms with Gasteiger partial charge in [-0.3, -0.25) is 9.78 Å². The van der Waals surface area contributed by atoms with Crippen LogP contribution in [0.1, 0.15) is 18.5 Å². The summed E-state index contributed by atoms with van der Waals surface area (Å²) in [5.41, 5.74) is 6.89. The van der Waals surface area contributed by atoms with Crippen LogP contribution in [0.5, 0.6) is 0 Å². The van der Waals surface area contributed by atoms with Crippen molar-refractivity contribution < 1.29 is 4.79 Å². The molecule has 2 rings (SSSR count). The van der Waals surface area contributed by atoms with E-state index in [2.05, 4.69) is 10.3 Å². The van der Waals surface area contributed by atoms with Crippen molar-refractivity contribution in [2.45, 2.75) is 19.8 Å². The normalized spacial score (nSPS) is 17.2. The highest BCUT2D eigenvalue weighted by molar-refractivity contribution is 5.97. The van der Waals surface area contributed by atoms with Gasteiger partial charge in [-0.15, -0.1) is 0 Å². The highest BCUT2D eigenvalue weighted by Gasteiger charge is 2.48. The lowest BCUT2D eigenvalue weighted by molar-refractivity contribution is -0.120. The lowest BCUT2D eigenvalue weighted by Crippen LogP contribution is -2.31. The van der Waals surface area contributed by atoms with Gasteiger partial charge in [0.15, 0.2) is 0 Å². The van der Waals surface area contributed by atoms with Gasteiger partial charge in [0, 0.05) is 12.7 Å². The molecule has 1 fully saturated rings. The maximum absolute atomic E-state index is 11.9. The molecule has 1 amide bonds. The van der Waals surface area contributed by atoms with E-state index in [9.17, 15) is 4.79 Å². The molecule has 80 valence electrons. The predicted molar refractivity (Wildman–Crippen MR) is 58.3 cm³/mol. The molecule has 1 aromatic heterocycles. The summed E-state index contributed by atoms with van der Waals surface area (Å²) < 4.78 is 0. The van der Waals surface area contributed by atoms with E-state index in [1.807, 2.05) is 19.1 Å². The number of pyridine rings is 1. The summed E-state index contributed by atoms with van der Waals surface area (Å²) in [6.45, 7) is 2.30. The van der Waals surface area contributed by atoms with E-state index in [0.717, 1.165) is 24.2 Å². The van der Waals surface area contributed by atoms with Crippen LogP contribution in [0.4, 0.5) is 5.69 Å². The Kier molecular flexibility index (Phi) is 2.44. The maximum Gasteiger partial charge on any atom is 0.231 e. The second-order valence-electron chi connectivity index (χ2n) is 4.07. The van der Waals surface area contributed by atoms with Crippen molar-refractivity contribution in [2.75, 3.05) is 11.9 Å². The Labute approximate surface area is 88.9 Å². The standard InChI is InChI=1S/C11H15N3O/c1-8-9(3-2-6-13-8)14-10(15)11(7-12)4-5-11/h2-3,6H,4-5,7,12H2,1H3,(H,14,15). The number of aromatic nitrogens is 1. The summed E-state index contributed by atoms with van der Waals surface area (Å²) in [7, 11) is 0. The number of aryl methyl sites for hydroxylation is 1. The molecule has 0 bridgehead atoms. The molecular formula is C11H15N3O. The molecule has 0 saturated heterocycles. The predicted octanol–water partition coefficient (Wildman–Crippen LogP) is 1.07. The van der Waals surface area contributed by atoms with Gasteiger partial charge in [-0.1, -0.05) is 0 Å². The van der Waals surface area contributed by atoms with Crippen molar-refractivity contribution in [1.29, 1.82) is 0 Å². The second-order valence-corrected chi connectivity index (χ2v) is 4.07. The molecule has 1 aliphatic rings. The number of rotatable bonds is 3. The summed E-state index contributed by atoms with van der Waals surface area (Å²) in [6, 6.07) is 3.66. The van der Waals surface area contributed by atoms with Crippen LogP contribution >= 0.6 is 0 Å². The maximum atomic E-state index is 11.9. The van der Waals surface area contributed by atoms with Crippen LogP contribution in [0.3, 0.4) is 0 Å². The monoisotopic (exact) mass is 205 g/mol. The van der Waals surface area contributed by atoms with E-state index < -0.39 is 0 Å². The van der Waals surface area contributed by atoms with Crippen LogP contribution in [0.25, 0.3) is 0 Å². The van der Waals surface area contributed by atoms with Gasteiger partial charge in [-0.2, -0.15) is 0 Å². The first-order chi connectivity index (χ1) is 7.18. The topological polar surface area (TPSA) is 68.0 Å². The average Bonchev–Trinajstić information content (AvgIpc) is 3.02. The van der Waals surface area contributed by atoms with E-state index in [-0.39, 0.29) is 11.3 Å². The fraction of sp³-hybridized carbons (Fsp3) is 0.455. The molecule has 1 aliphatic carbocycles. The third kappa shape index (κ3) is 1.85. The molecule has 3 N–H and O–H groups in total. The van der Waals surface area contributed by atoms with Crippen molar-refractivity contribution in [2.24, 2.45) is 11.1 Å². The van der Waals surface area contributed by atoms with Gasteiger partial charge in [0.2, 0.25) is 5.91 Å². The second kappa shape index (κ2) is 3.62. The van der Waals surface area contributed by atoms with Gasteiger partial charge in [-0.25, -0.2) is 0 Å². The number of nitrogens with two attached hydrogens (primary N) is 1. The Morgan fingerprint density at radius 3 is 2.93 bits per heavy atom. The summed E-state index contributed by atoms with van der Waals surface area (Å²) in [6.07, 6.45) is 3.50. The smallest absolute Gasteiger partial charge is 0.231 e. The van der Waals surface area contributed by atoms with Crippen LogP contribution in [0.2, 0.25) is 0 Å². The fourth-order valence-corrected chi connectivity index (χ4v) is 1.55. The van der Waals surface area contributed by atoms with Crippen LogP contribution in [-0.4, -0.2) is 17.4 Å². The van der Waals surface area contributed by atoms with Crippen LogP contribution in [0.15, 0.2) is 18.3 Å². The molecule has 0 spiro atoms. The van der Waals surface area contributed by atoms with Gasteiger partial charge in [-0.05, 0) is 31.9 Å². The zero-order chi connectivity index (χ0) is 10.9. The summed E-state index contributed by atoms with van der Waals surface area (Å²) in [5, 5.41) is 2.88. The first kappa shape index (κ1) is 10.1. The molecule has 4 nitrogen and oxygen atoms in total. The van der Waals surface area contributed by atoms with E-state index >= 15 is 0 Å². The molecule has 0 aromatic carbocycles. The van der Waals surface area contributed by atoms with Crippen molar-refractivity contribution in [3.8, 4) is 0 Å². The average molecular weight is 205 g/mol. The van der Waals surface area contributed by atoms with Crippen molar-refractivity contribution in [1.82, 2.24) is 4.98 Å². The van der Waals surface area contributed by atoms with Crippen LogP contribution in [-0.2, 0) is 4.79 Å². The van der Waals surface area contributed by atoms with Crippen LogP contribution in [0, 0.1) is 12.3 Å². The molecule has 1 saturated carbocycles. The molecule has 4 heteroatoms. The Balaban J connectivity index is 2.10. The van der Waals surface area contributed by atoms with E-state index in [0.29, 0.717) is 6.54 Å². The number of hydrogen-bond acceptors (Lipinski definition) is 3. The van der Waals surface area contributed by atoms with Gasteiger partial charge in [0.05, 0.1) is 16.8 Å². The van der Waals surface area contributed by atoms with Crippen molar-refractivity contribution in [3.05, 3.63) is 24.0 Å². The first-order valence-electron chi connectivity index (χ1n) is 5.11. The van der Waals surface area contributed by atoms with E-state index in [1.54, 1.807) is 6.20 Å². The van der Waals surface area contributed by atoms with Crippen molar-refractivity contribution in [3.63, 3.8) is 0 Å². The van der Waals surface area contributed by atoms with Gasteiger partial charge >= 0.3 is 0 Å². The summed E-state index contributed by atoms with van der Waals surface area (Å²) in [5.74, 6) is 0.0288. The molecular weight excluding hydrogens is 190 g/mol. The SMILES string of the molecule is Cc1ncccc1NC(=O)C1(CN)CC1. The summed E-state index contributed by atoms with van der Waals surface area (Å²) in [4.78, 5) is 16.0. The lowest BCUT2D eigenvalue weighted by Gasteiger charge is -2.13. The van der Waals surface area contributed by atoms with E-state index in [4.69, 9.17) is 5.73 Å². The summed E-state index contributed by atoms with van der Waals surface area (Å²) >= 11 is 0. The zero-order valence-corrected chi connectivity index (χ0v) is 8.79. The highest BCUT2D eigenvalue weighted by atomic mass is 16.2. The number of carbonyl (C=O) groups is 1. The number of nitrogens with one attached hydrogen (secondary N) is 1. The zero-order valence-electron chi connectivity index (χ0n) is 8.79. The van der Waals surface area contributed by atoms with Gasteiger partial charge in [0.25, 0.3) is 0 Å². The molecule has 1 heterocycles. The van der Waals surface area contributed by atoms with Crippen LogP contribution < -0.4 is 11.1 Å². The third-order valence-electron chi connectivity index (χ3n) is 2.98. The largest absolute Gasteiger partial charge is 0.329 e. The highest BCUT2D eigenvalue weighted by Crippen LogP contribution is 2.45. The molecule has 0 atom stereocenters. The molecule has 0 unspecified atom stereocenters. The van der Waals surface area contributed by atoms with E-state index in [1.165, 1.54) is 0 Å². The number of anilines is 1. The molecule has 1 aromatic rings. The quantitative estimate of drug-likeness (QED) is 0.775. The van der Waals surface area contributed by atoms with Gasteiger partial charge < -0.3 is 11.1 Å². The van der Waals surface area contributed by atoms with Gasteiger partial charge in [0.1, 0.15) is 0 Å².